The van der Waals surface area contributed by atoms with E-state index in [9.17, 15) is 13.2 Å². The van der Waals surface area contributed by atoms with E-state index in [1.54, 1.807) is 48.5 Å². The minimum atomic E-state index is -3.87. The van der Waals surface area contributed by atoms with Gasteiger partial charge in [-0.3, -0.25) is 9.10 Å². The first-order chi connectivity index (χ1) is 14.8. The molecule has 0 saturated carbocycles. The van der Waals surface area contributed by atoms with Crippen LogP contribution >= 0.6 is 0 Å². The number of sulfonamides is 1. The number of para-hydroxylation sites is 2. The number of rotatable bonds is 4. The molecule has 3 aromatic carbocycles. The first-order valence-electron chi connectivity index (χ1n) is 9.99. The summed E-state index contributed by atoms with van der Waals surface area (Å²) in [4.78, 5) is 13.2. The smallest absolute Gasteiger partial charge is 0.267 e. The SMILES string of the molecule is Cc1ccc(S(=O)(=O)N2CC(C(=O)Nc3cc(C)ccc3C)Oc3ccccc32)cc1. The number of aryl methyl sites for hydroxylation is 3. The molecule has 1 amide bonds. The van der Waals surface area contributed by atoms with Crippen LogP contribution in [0.2, 0.25) is 0 Å². The van der Waals surface area contributed by atoms with Crippen LogP contribution in [0.5, 0.6) is 5.75 Å². The Morgan fingerprint density at radius 2 is 1.65 bits per heavy atom. The van der Waals surface area contributed by atoms with Crippen LogP contribution in [0.3, 0.4) is 0 Å². The van der Waals surface area contributed by atoms with Gasteiger partial charge in [-0.05, 0) is 62.2 Å². The number of benzene rings is 3. The van der Waals surface area contributed by atoms with E-state index in [0.717, 1.165) is 16.7 Å². The number of fused-ring (bicyclic) bond motifs is 1. The quantitative estimate of drug-likeness (QED) is 0.665. The topological polar surface area (TPSA) is 75.7 Å². The molecule has 1 unspecified atom stereocenters. The van der Waals surface area contributed by atoms with Crippen LogP contribution in [0.4, 0.5) is 11.4 Å². The number of ether oxygens (including phenoxy) is 1. The van der Waals surface area contributed by atoms with E-state index in [4.69, 9.17) is 4.74 Å². The summed E-state index contributed by atoms with van der Waals surface area (Å²) < 4.78 is 34.0. The summed E-state index contributed by atoms with van der Waals surface area (Å²) in [5.41, 5.74) is 3.99. The summed E-state index contributed by atoms with van der Waals surface area (Å²) in [6.45, 7) is 5.62. The highest BCUT2D eigenvalue weighted by Gasteiger charge is 2.37. The van der Waals surface area contributed by atoms with Gasteiger partial charge in [0, 0.05) is 5.69 Å². The standard InChI is InChI=1S/C24H24N2O4S/c1-16-9-12-19(13-10-16)31(28,29)26-15-23(30-22-7-5-4-6-21(22)26)24(27)25-20-14-17(2)8-11-18(20)3/h4-14,23H,15H2,1-3H3,(H,25,27). The van der Waals surface area contributed by atoms with Crippen LogP contribution < -0.4 is 14.4 Å². The number of hydrogen-bond acceptors (Lipinski definition) is 4. The zero-order chi connectivity index (χ0) is 22.2. The molecule has 1 aliphatic heterocycles. The first-order valence-corrected chi connectivity index (χ1v) is 11.4. The molecule has 4 rings (SSSR count). The minimum absolute atomic E-state index is 0.121. The normalized spacial score (nSPS) is 15.7. The van der Waals surface area contributed by atoms with E-state index in [0.29, 0.717) is 17.1 Å². The maximum atomic E-state index is 13.4. The highest BCUT2D eigenvalue weighted by Crippen LogP contribution is 2.37. The lowest BCUT2D eigenvalue weighted by atomic mass is 10.1. The fourth-order valence-electron chi connectivity index (χ4n) is 3.49. The highest BCUT2D eigenvalue weighted by molar-refractivity contribution is 7.92. The number of carbonyl (C=O) groups excluding carboxylic acids is 1. The second-order valence-corrected chi connectivity index (χ2v) is 9.59. The average Bonchev–Trinajstić information content (AvgIpc) is 2.75. The predicted octanol–water partition coefficient (Wildman–Crippen LogP) is 4.21. The molecule has 3 aromatic rings. The minimum Gasteiger partial charge on any atom is -0.476 e. The van der Waals surface area contributed by atoms with Crippen molar-refractivity contribution in [3.63, 3.8) is 0 Å². The second-order valence-electron chi connectivity index (χ2n) is 7.73. The lowest BCUT2D eigenvalue weighted by Crippen LogP contribution is -2.48. The van der Waals surface area contributed by atoms with Crippen molar-refractivity contribution in [2.24, 2.45) is 0 Å². The van der Waals surface area contributed by atoms with Crippen LogP contribution in [-0.2, 0) is 14.8 Å². The van der Waals surface area contributed by atoms with Gasteiger partial charge in [-0.1, -0.05) is 42.0 Å². The monoisotopic (exact) mass is 436 g/mol. The van der Waals surface area contributed by atoms with E-state index < -0.39 is 22.0 Å². The molecule has 6 nitrogen and oxygen atoms in total. The molecule has 1 atom stereocenters. The molecule has 0 spiro atoms. The van der Waals surface area contributed by atoms with Crippen LogP contribution in [0.1, 0.15) is 16.7 Å². The molecular weight excluding hydrogens is 412 g/mol. The van der Waals surface area contributed by atoms with Gasteiger partial charge in [-0.15, -0.1) is 0 Å². The Hall–Kier alpha value is -3.32. The Morgan fingerprint density at radius 1 is 0.968 bits per heavy atom. The second kappa shape index (κ2) is 8.07. The Bertz CT molecular complexity index is 1240. The fourth-order valence-corrected chi connectivity index (χ4v) is 4.96. The number of anilines is 2. The Kier molecular flexibility index (Phi) is 5.45. The molecule has 0 radical (unpaired) electrons. The summed E-state index contributed by atoms with van der Waals surface area (Å²) in [6.07, 6.45) is -0.991. The molecular formula is C24H24N2O4S. The Balaban J connectivity index is 1.68. The van der Waals surface area contributed by atoms with Crippen LogP contribution in [0.25, 0.3) is 0 Å². The number of amides is 1. The molecule has 0 aromatic heterocycles. The molecule has 0 saturated heterocycles. The summed E-state index contributed by atoms with van der Waals surface area (Å²) in [5, 5.41) is 2.89. The van der Waals surface area contributed by atoms with Gasteiger partial charge in [0.05, 0.1) is 17.1 Å². The van der Waals surface area contributed by atoms with Crippen molar-refractivity contribution in [2.45, 2.75) is 31.8 Å². The van der Waals surface area contributed by atoms with E-state index in [1.807, 2.05) is 39.0 Å². The first kappa shape index (κ1) is 20.9. The van der Waals surface area contributed by atoms with Gasteiger partial charge in [-0.25, -0.2) is 8.42 Å². The number of hydrogen-bond donors (Lipinski definition) is 1. The molecule has 0 bridgehead atoms. The van der Waals surface area contributed by atoms with E-state index in [-0.39, 0.29) is 11.4 Å². The van der Waals surface area contributed by atoms with Gasteiger partial charge in [0.15, 0.2) is 6.10 Å². The lowest BCUT2D eigenvalue weighted by Gasteiger charge is -2.34. The zero-order valence-electron chi connectivity index (χ0n) is 17.6. The summed E-state index contributed by atoms with van der Waals surface area (Å²) in [7, 11) is -3.87. The third kappa shape index (κ3) is 4.14. The number of nitrogens with zero attached hydrogens (tertiary/aromatic N) is 1. The molecule has 1 aliphatic rings. The predicted molar refractivity (Wildman–Crippen MR) is 121 cm³/mol. The van der Waals surface area contributed by atoms with Crippen LogP contribution in [-0.4, -0.2) is 27.0 Å². The maximum absolute atomic E-state index is 13.4. The summed E-state index contributed by atoms with van der Waals surface area (Å²) in [5.74, 6) is -0.0436. The zero-order valence-corrected chi connectivity index (χ0v) is 18.4. The Labute approximate surface area is 182 Å². The van der Waals surface area contributed by atoms with Crippen molar-refractivity contribution in [3.05, 3.63) is 83.4 Å². The van der Waals surface area contributed by atoms with Gasteiger partial charge in [-0.2, -0.15) is 0 Å². The van der Waals surface area contributed by atoms with E-state index >= 15 is 0 Å². The van der Waals surface area contributed by atoms with Crippen LogP contribution in [0, 0.1) is 20.8 Å². The van der Waals surface area contributed by atoms with E-state index in [2.05, 4.69) is 5.32 Å². The van der Waals surface area contributed by atoms with Crippen molar-refractivity contribution in [3.8, 4) is 5.75 Å². The van der Waals surface area contributed by atoms with Crippen molar-refractivity contribution < 1.29 is 17.9 Å². The molecule has 0 aliphatic carbocycles. The Morgan fingerprint density at radius 3 is 2.39 bits per heavy atom. The molecule has 1 N–H and O–H groups in total. The fraction of sp³-hybridized carbons (Fsp3) is 0.208. The van der Waals surface area contributed by atoms with Crippen molar-refractivity contribution in [2.75, 3.05) is 16.2 Å². The summed E-state index contributed by atoms with van der Waals surface area (Å²) >= 11 is 0. The van der Waals surface area contributed by atoms with Gasteiger partial charge in [0.1, 0.15) is 5.75 Å². The number of carbonyl (C=O) groups is 1. The average molecular weight is 437 g/mol. The van der Waals surface area contributed by atoms with Gasteiger partial charge < -0.3 is 10.1 Å². The molecule has 0 fully saturated rings. The van der Waals surface area contributed by atoms with Crippen molar-refractivity contribution in [1.29, 1.82) is 0 Å². The molecule has 160 valence electrons. The molecule has 7 heteroatoms. The van der Waals surface area contributed by atoms with Crippen molar-refractivity contribution >= 4 is 27.3 Å². The largest absolute Gasteiger partial charge is 0.476 e. The van der Waals surface area contributed by atoms with E-state index in [1.165, 1.54) is 4.31 Å². The third-order valence-corrected chi connectivity index (χ3v) is 7.08. The highest BCUT2D eigenvalue weighted by atomic mass is 32.2. The van der Waals surface area contributed by atoms with Gasteiger partial charge in [0.2, 0.25) is 0 Å². The maximum Gasteiger partial charge on any atom is 0.267 e. The van der Waals surface area contributed by atoms with Gasteiger partial charge >= 0.3 is 0 Å². The molecule has 31 heavy (non-hydrogen) atoms. The lowest BCUT2D eigenvalue weighted by molar-refractivity contribution is -0.122. The number of nitrogens with one attached hydrogen (secondary N) is 1. The third-order valence-electron chi connectivity index (χ3n) is 5.29. The summed E-state index contributed by atoms with van der Waals surface area (Å²) in [6, 6.07) is 19.3. The molecule has 1 heterocycles. The van der Waals surface area contributed by atoms with Crippen molar-refractivity contribution in [1.82, 2.24) is 0 Å². The van der Waals surface area contributed by atoms with Crippen LogP contribution in [0.15, 0.2) is 71.6 Å². The van der Waals surface area contributed by atoms with Gasteiger partial charge in [0.25, 0.3) is 15.9 Å².